The predicted octanol–water partition coefficient (Wildman–Crippen LogP) is 5.20. The fourth-order valence-electron chi connectivity index (χ4n) is 5.03. The van der Waals surface area contributed by atoms with E-state index in [9.17, 15) is 14.0 Å². The first-order valence-electron chi connectivity index (χ1n) is 13.9. The maximum absolute atomic E-state index is 13.5. The molecule has 6 nitrogen and oxygen atoms in total. The molecule has 0 radical (unpaired) electrons. The lowest BCUT2D eigenvalue weighted by molar-refractivity contribution is -0.122. The largest absolute Gasteiger partial charge is 0.369 e. The van der Waals surface area contributed by atoms with Crippen molar-refractivity contribution in [2.45, 2.75) is 24.7 Å². The van der Waals surface area contributed by atoms with Gasteiger partial charge in [-0.3, -0.25) is 19.4 Å². The number of rotatable bonds is 9. The zero-order valence-electron chi connectivity index (χ0n) is 22.8. The number of anilines is 2. The average molecular weight is 559 g/mol. The van der Waals surface area contributed by atoms with Crippen LogP contribution < -0.4 is 15.1 Å². The van der Waals surface area contributed by atoms with Crippen molar-refractivity contribution < 1.29 is 14.0 Å². The maximum Gasteiger partial charge on any atom is 0.265 e. The zero-order chi connectivity index (χ0) is 27.9. The highest BCUT2D eigenvalue weighted by molar-refractivity contribution is 8.04. The molecular formula is C32H35FN4O2S. The monoisotopic (exact) mass is 558 g/mol. The lowest BCUT2D eigenvalue weighted by Crippen LogP contribution is -2.47. The standard InChI is InChI=1S/C32H35FN4O2S/c1-2-24-8-10-25(11-9-24)22-30-32(39)37(28-6-3-4-7-29(28)40-30)23-31(38)34-16-5-17-35-18-20-36(21-19-35)27-14-12-26(33)13-15-27/h3-4,6-15,22H,2,5,16-21,23H2,1H3,(H,34,38). The van der Waals surface area contributed by atoms with Gasteiger partial charge in [-0.15, -0.1) is 0 Å². The summed E-state index contributed by atoms with van der Waals surface area (Å²) in [5, 5.41) is 3.01. The molecule has 2 aliphatic heterocycles. The number of nitrogens with zero attached hydrogens (tertiary/aromatic N) is 3. The molecule has 3 aromatic rings. The van der Waals surface area contributed by atoms with Gasteiger partial charge in [-0.05, 0) is 73.0 Å². The van der Waals surface area contributed by atoms with Crippen molar-refractivity contribution in [3.05, 3.63) is 94.6 Å². The quantitative estimate of drug-likeness (QED) is 0.289. The van der Waals surface area contributed by atoms with Gasteiger partial charge >= 0.3 is 0 Å². The van der Waals surface area contributed by atoms with Gasteiger partial charge in [0.25, 0.3) is 5.91 Å². The van der Waals surface area contributed by atoms with Crippen LogP contribution in [0.25, 0.3) is 6.08 Å². The fraction of sp³-hybridized carbons (Fsp3) is 0.312. The van der Waals surface area contributed by atoms with E-state index in [2.05, 4.69) is 34.2 Å². The van der Waals surface area contributed by atoms with E-state index in [0.717, 1.165) is 67.4 Å². The van der Waals surface area contributed by atoms with Crippen LogP contribution >= 0.6 is 11.8 Å². The van der Waals surface area contributed by atoms with Crippen LogP contribution in [0.15, 0.2) is 82.6 Å². The number of para-hydroxylation sites is 1. The van der Waals surface area contributed by atoms with Gasteiger partial charge in [0, 0.05) is 43.3 Å². The molecule has 0 aliphatic carbocycles. The molecule has 40 heavy (non-hydrogen) atoms. The molecule has 2 aliphatic rings. The Morgan fingerprint density at radius 2 is 1.70 bits per heavy atom. The number of benzene rings is 3. The van der Waals surface area contributed by atoms with Gasteiger partial charge in [-0.1, -0.05) is 55.1 Å². The molecular weight excluding hydrogens is 523 g/mol. The highest BCUT2D eigenvalue weighted by Gasteiger charge is 2.30. The molecule has 2 heterocycles. The molecule has 8 heteroatoms. The van der Waals surface area contributed by atoms with Gasteiger partial charge in [0.2, 0.25) is 5.91 Å². The van der Waals surface area contributed by atoms with Crippen molar-refractivity contribution in [3.63, 3.8) is 0 Å². The maximum atomic E-state index is 13.5. The van der Waals surface area contributed by atoms with Crippen LogP contribution in [0.3, 0.4) is 0 Å². The zero-order valence-corrected chi connectivity index (χ0v) is 23.6. The van der Waals surface area contributed by atoms with Crippen LogP contribution in [-0.2, 0) is 16.0 Å². The summed E-state index contributed by atoms with van der Waals surface area (Å²) in [6.07, 6.45) is 3.71. The van der Waals surface area contributed by atoms with E-state index in [1.807, 2.05) is 54.6 Å². The van der Waals surface area contributed by atoms with Gasteiger partial charge in [0.05, 0.1) is 10.6 Å². The van der Waals surface area contributed by atoms with Crippen molar-refractivity contribution in [2.75, 3.05) is 55.6 Å². The van der Waals surface area contributed by atoms with E-state index in [4.69, 9.17) is 0 Å². The molecule has 3 aromatic carbocycles. The molecule has 0 unspecified atom stereocenters. The third kappa shape index (κ3) is 6.92. The lowest BCUT2D eigenvalue weighted by atomic mass is 10.1. The molecule has 0 atom stereocenters. The van der Waals surface area contributed by atoms with Crippen LogP contribution in [-0.4, -0.2) is 62.5 Å². The van der Waals surface area contributed by atoms with Gasteiger partial charge in [-0.2, -0.15) is 0 Å². The van der Waals surface area contributed by atoms with Gasteiger partial charge in [-0.25, -0.2) is 4.39 Å². The van der Waals surface area contributed by atoms with Gasteiger partial charge < -0.3 is 10.2 Å². The Bertz CT molecular complexity index is 1350. The van der Waals surface area contributed by atoms with Crippen molar-refractivity contribution in [3.8, 4) is 0 Å². The summed E-state index contributed by atoms with van der Waals surface area (Å²) in [6.45, 7) is 7.20. The predicted molar refractivity (Wildman–Crippen MR) is 161 cm³/mol. The molecule has 0 aromatic heterocycles. The molecule has 208 valence electrons. The molecule has 0 bridgehead atoms. The number of amides is 2. The molecule has 5 rings (SSSR count). The summed E-state index contributed by atoms with van der Waals surface area (Å²) in [5.41, 5.74) is 4.04. The SMILES string of the molecule is CCc1ccc(C=C2Sc3ccccc3N(CC(=O)NCCCN3CCN(c4ccc(F)cc4)CC3)C2=O)cc1. The van der Waals surface area contributed by atoms with Crippen molar-refractivity contribution in [2.24, 2.45) is 0 Å². The molecule has 0 saturated carbocycles. The first kappa shape index (κ1) is 27.9. The Balaban J connectivity index is 1.12. The minimum atomic E-state index is -0.216. The number of aryl methyl sites for hydroxylation is 1. The van der Waals surface area contributed by atoms with E-state index in [1.165, 1.54) is 29.5 Å². The summed E-state index contributed by atoms with van der Waals surface area (Å²) in [4.78, 5) is 34.2. The summed E-state index contributed by atoms with van der Waals surface area (Å²) in [7, 11) is 0. The minimum Gasteiger partial charge on any atom is -0.369 e. The Kier molecular flexibility index (Phi) is 9.19. The van der Waals surface area contributed by atoms with Crippen molar-refractivity contribution >= 4 is 41.0 Å². The number of piperazine rings is 1. The highest BCUT2D eigenvalue weighted by atomic mass is 32.2. The van der Waals surface area contributed by atoms with E-state index < -0.39 is 0 Å². The van der Waals surface area contributed by atoms with Gasteiger partial charge in [0.15, 0.2) is 0 Å². The Labute approximate surface area is 239 Å². The van der Waals surface area contributed by atoms with Crippen LogP contribution in [0.2, 0.25) is 0 Å². The number of halogens is 1. The lowest BCUT2D eigenvalue weighted by Gasteiger charge is -2.36. The highest BCUT2D eigenvalue weighted by Crippen LogP contribution is 2.41. The molecule has 1 saturated heterocycles. The number of fused-ring (bicyclic) bond motifs is 1. The summed E-state index contributed by atoms with van der Waals surface area (Å²) in [5.74, 6) is -0.535. The number of carbonyl (C=O) groups is 2. The smallest absolute Gasteiger partial charge is 0.265 e. The summed E-state index contributed by atoms with van der Waals surface area (Å²) >= 11 is 1.45. The second-order valence-electron chi connectivity index (χ2n) is 10.1. The molecule has 1 N–H and O–H groups in total. The van der Waals surface area contributed by atoms with E-state index in [1.54, 1.807) is 4.90 Å². The normalized spacial score (nSPS) is 16.8. The van der Waals surface area contributed by atoms with Crippen LogP contribution in [0.1, 0.15) is 24.5 Å². The number of hydrogen-bond donors (Lipinski definition) is 1. The first-order chi connectivity index (χ1) is 19.5. The molecule has 2 amide bonds. The second kappa shape index (κ2) is 13.2. The first-order valence-corrected chi connectivity index (χ1v) is 14.7. The van der Waals surface area contributed by atoms with Crippen LogP contribution in [0, 0.1) is 5.82 Å². The van der Waals surface area contributed by atoms with Crippen molar-refractivity contribution in [1.82, 2.24) is 10.2 Å². The average Bonchev–Trinajstić information content (AvgIpc) is 2.98. The Morgan fingerprint density at radius 1 is 0.975 bits per heavy atom. The number of thioether (sulfide) groups is 1. The Morgan fingerprint density at radius 3 is 2.42 bits per heavy atom. The third-order valence-electron chi connectivity index (χ3n) is 7.36. The van der Waals surface area contributed by atoms with Crippen LogP contribution in [0.5, 0.6) is 0 Å². The van der Waals surface area contributed by atoms with E-state index in [0.29, 0.717) is 11.4 Å². The summed E-state index contributed by atoms with van der Waals surface area (Å²) < 4.78 is 13.2. The van der Waals surface area contributed by atoms with Gasteiger partial charge in [0.1, 0.15) is 12.4 Å². The number of nitrogens with one attached hydrogen (secondary N) is 1. The van der Waals surface area contributed by atoms with E-state index >= 15 is 0 Å². The topological polar surface area (TPSA) is 55.9 Å². The fourth-order valence-corrected chi connectivity index (χ4v) is 6.09. The number of carbonyl (C=O) groups excluding carboxylic acids is 2. The van der Waals surface area contributed by atoms with Crippen molar-refractivity contribution in [1.29, 1.82) is 0 Å². The van der Waals surface area contributed by atoms with E-state index in [-0.39, 0.29) is 24.2 Å². The molecule has 1 fully saturated rings. The minimum absolute atomic E-state index is 0.0150. The van der Waals surface area contributed by atoms with Crippen LogP contribution in [0.4, 0.5) is 15.8 Å². The third-order valence-corrected chi connectivity index (χ3v) is 8.43. The molecule has 0 spiro atoms. The Hall–Kier alpha value is -3.62. The second-order valence-corrected chi connectivity index (χ2v) is 11.2. The number of hydrogen-bond acceptors (Lipinski definition) is 5. The summed E-state index contributed by atoms with van der Waals surface area (Å²) in [6, 6.07) is 22.6.